The Morgan fingerprint density at radius 2 is 0.500 bits per heavy atom. The van der Waals surface area contributed by atoms with E-state index in [1.54, 1.807) is 0 Å². The van der Waals surface area contributed by atoms with Crippen molar-refractivity contribution in [1.82, 2.24) is 0 Å². The van der Waals surface area contributed by atoms with Crippen LogP contribution >= 0.6 is 0 Å². The SMILES string of the molecule is [Cu].[InH3].[InH3].[Se].[Se].[Se]. The molecule has 0 aliphatic carbocycles. The standard InChI is InChI=1S/Cu.2In.3Se.6H. The Kier molecular flexibility index (Phi) is 323. The van der Waals surface area contributed by atoms with E-state index in [0.717, 1.165) is 0 Å². The second-order valence-electron chi connectivity index (χ2n) is 0. The molecule has 0 aliphatic rings. The smallest absolute Gasteiger partial charge is 0 e. The molecule has 0 saturated carbocycles. The Balaban J connectivity index is 0. The average molecular weight is 536 g/mol. The van der Waals surface area contributed by atoms with E-state index in [1.807, 2.05) is 0 Å². The molecule has 0 aromatic rings. The van der Waals surface area contributed by atoms with Crippen LogP contribution in [0.15, 0.2) is 0 Å². The molecular weight excluding hydrogens is 530 g/mol. The van der Waals surface area contributed by atoms with Crippen molar-refractivity contribution < 1.29 is 17.1 Å². The van der Waals surface area contributed by atoms with Crippen molar-refractivity contribution in [3.63, 3.8) is 0 Å². The van der Waals surface area contributed by atoms with Crippen LogP contribution in [0.3, 0.4) is 0 Å². The van der Waals surface area contributed by atoms with Crippen molar-refractivity contribution in [3.05, 3.63) is 0 Å². The zero-order valence-electron chi connectivity index (χ0n) is 1.53. The Morgan fingerprint density at radius 1 is 0.500 bits per heavy atom. The predicted octanol–water partition coefficient (Wildman–Crippen LogP) is -3.51. The molecule has 0 N–H and O–H groups in total. The van der Waals surface area contributed by atoms with Crippen molar-refractivity contribution in [1.29, 1.82) is 0 Å². The van der Waals surface area contributed by atoms with E-state index in [0.29, 0.717) is 0 Å². The maximum Gasteiger partial charge on any atom is 0 e. The van der Waals surface area contributed by atoms with Gasteiger partial charge in [0.05, 0.1) is 0 Å². The first kappa shape index (κ1) is 52.4. The first-order valence-corrected chi connectivity index (χ1v) is 0. The Morgan fingerprint density at radius 3 is 0.500 bits per heavy atom. The van der Waals surface area contributed by atoms with Crippen molar-refractivity contribution in [3.8, 4) is 0 Å². The van der Waals surface area contributed by atoms with Crippen LogP contribution in [0.25, 0.3) is 0 Å². The Bertz CT molecular complexity index is 8.75. The second-order valence-corrected chi connectivity index (χ2v) is 0. The van der Waals surface area contributed by atoms with Crippen LogP contribution in [0.4, 0.5) is 0 Å². The van der Waals surface area contributed by atoms with E-state index in [2.05, 4.69) is 0 Å². The summed E-state index contributed by atoms with van der Waals surface area (Å²) in [7, 11) is 0. The van der Waals surface area contributed by atoms with Crippen LogP contribution in [-0.2, 0) is 17.1 Å². The molecule has 0 rings (SSSR count). The Hall–Kier alpha value is 3.82. The molecule has 0 bridgehead atoms. The molecule has 0 aromatic carbocycles. The predicted molar refractivity (Wildman–Crippen MR) is 37.1 cm³/mol. The first-order chi connectivity index (χ1) is 0. The van der Waals surface area contributed by atoms with Gasteiger partial charge in [-0.25, -0.2) is 0 Å². The monoisotopic (exact) mass is 539 g/mol. The van der Waals surface area contributed by atoms with Gasteiger partial charge in [0.2, 0.25) is 0 Å². The van der Waals surface area contributed by atoms with E-state index < -0.39 is 0 Å². The fraction of sp³-hybridized carbons (Fsp3) is 0. The van der Waals surface area contributed by atoms with Gasteiger partial charge in [0.1, 0.15) is 0 Å². The molecule has 0 heterocycles. The van der Waals surface area contributed by atoms with E-state index in [-0.39, 0.29) is 120 Å². The molecule has 6 heavy (non-hydrogen) atoms. The molecule has 0 amide bonds. The van der Waals surface area contributed by atoms with Crippen LogP contribution in [0.5, 0.6) is 0 Å². The topological polar surface area (TPSA) is 0 Å². The molecule has 0 saturated heterocycles. The summed E-state index contributed by atoms with van der Waals surface area (Å²) in [6.45, 7) is 0. The molecule has 0 aliphatic heterocycles. The second kappa shape index (κ2) is 37.0. The average Bonchev–Trinajstić information content (AvgIpc) is 0. The van der Waals surface area contributed by atoms with Gasteiger partial charge in [-0.3, -0.25) is 0 Å². The van der Waals surface area contributed by atoms with Crippen LogP contribution in [0.1, 0.15) is 0 Å². The largest absolute Gasteiger partial charge is 0 e. The third-order valence-corrected chi connectivity index (χ3v) is 0. The fourth-order valence-electron chi connectivity index (χ4n) is 0. The normalized spacial score (nSPS) is 0. The molecule has 0 unspecified atom stereocenters. The van der Waals surface area contributed by atoms with E-state index in [1.165, 1.54) is 0 Å². The summed E-state index contributed by atoms with van der Waals surface area (Å²) >= 11 is 0. The minimum Gasteiger partial charge on any atom is 0 e. The van der Waals surface area contributed by atoms with Gasteiger partial charge in [0.25, 0.3) is 0 Å². The van der Waals surface area contributed by atoms with Crippen molar-refractivity contribution >= 4 is 103 Å². The zero-order chi connectivity index (χ0) is 0. The van der Waals surface area contributed by atoms with Gasteiger partial charge >= 0.3 is 51.7 Å². The molecule has 0 fully saturated rings. The minimum atomic E-state index is 0. The molecule has 0 nitrogen and oxygen atoms in total. The van der Waals surface area contributed by atoms with Gasteiger partial charge in [-0.2, -0.15) is 0 Å². The summed E-state index contributed by atoms with van der Waals surface area (Å²) in [5.74, 6) is 0. The molecule has 0 atom stereocenters. The molecular formula is H6CuIn2Se3. The third kappa shape index (κ3) is 24.9. The van der Waals surface area contributed by atoms with Gasteiger partial charge in [-0.05, 0) is 0 Å². The molecule has 6 heteroatoms. The van der Waals surface area contributed by atoms with Gasteiger partial charge < -0.3 is 0 Å². The molecule has 0 aromatic heterocycles. The first-order valence-electron chi connectivity index (χ1n) is 0. The fourth-order valence-corrected chi connectivity index (χ4v) is 0. The maximum atomic E-state index is 0. The van der Waals surface area contributed by atoms with Crippen molar-refractivity contribution in [2.45, 2.75) is 0 Å². The van der Waals surface area contributed by atoms with Gasteiger partial charge in [-0.1, -0.05) is 0 Å². The van der Waals surface area contributed by atoms with E-state index in [4.69, 9.17) is 0 Å². The summed E-state index contributed by atoms with van der Waals surface area (Å²) in [6, 6.07) is 0. The van der Waals surface area contributed by atoms with Crippen LogP contribution < -0.4 is 0 Å². The minimum absolute atomic E-state index is 0. The number of hydrogen-bond acceptors (Lipinski definition) is 0. The summed E-state index contributed by atoms with van der Waals surface area (Å²) in [5.41, 5.74) is 0. The molecule has 7 radical (unpaired) electrons. The summed E-state index contributed by atoms with van der Waals surface area (Å²) in [5, 5.41) is 0. The van der Waals surface area contributed by atoms with Crippen LogP contribution in [-0.4, -0.2) is 103 Å². The van der Waals surface area contributed by atoms with Crippen LogP contribution in [0, 0.1) is 0 Å². The molecule has 41 valence electrons. The Labute approximate surface area is 118 Å². The summed E-state index contributed by atoms with van der Waals surface area (Å²) in [6.07, 6.45) is 0. The van der Waals surface area contributed by atoms with Gasteiger partial charge in [-0.15, -0.1) is 0 Å². The molecule has 0 spiro atoms. The van der Waals surface area contributed by atoms with Gasteiger partial charge in [0, 0.05) is 68.3 Å². The maximum absolute atomic E-state index is 0. The van der Waals surface area contributed by atoms with Crippen molar-refractivity contribution in [2.75, 3.05) is 0 Å². The van der Waals surface area contributed by atoms with Crippen LogP contribution in [0.2, 0.25) is 0 Å². The summed E-state index contributed by atoms with van der Waals surface area (Å²) < 4.78 is 0. The zero-order valence-corrected chi connectivity index (χ0v) is 7.61. The number of hydrogen-bond donors (Lipinski definition) is 0. The summed E-state index contributed by atoms with van der Waals surface area (Å²) in [4.78, 5) is 0. The quantitative estimate of drug-likeness (QED) is 0.282. The van der Waals surface area contributed by atoms with E-state index in [9.17, 15) is 0 Å². The van der Waals surface area contributed by atoms with Gasteiger partial charge in [0.15, 0.2) is 0 Å². The number of rotatable bonds is 0. The van der Waals surface area contributed by atoms with Crippen molar-refractivity contribution in [2.24, 2.45) is 0 Å². The van der Waals surface area contributed by atoms with E-state index >= 15 is 0 Å². The third-order valence-electron chi connectivity index (χ3n) is 0.